The normalized spacial score (nSPS) is 19.7. The molecule has 0 bridgehead atoms. The van der Waals surface area contributed by atoms with Crippen molar-refractivity contribution in [1.82, 2.24) is 4.90 Å². The molecule has 1 saturated heterocycles. The first kappa shape index (κ1) is 12.6. The third-order valence-electron chi connectivity index (χ3n) is 2.77. The number of carbonyl (C=O) groups excluding carboxylic acids is 2. The third-order valence-corrected chi connectivity index (χ3v) is 4.41. The summed E-state index contributed by atoms with van der Waals surface area (Å²) in [6.07, 6.45) is 1.67. The largest absolute Gasteiger partial charge is 0.454 e. The molecule has 0 saturated carbocycles. The van der Waals surface area contributed by atoms with Crippen molar-refractivity contribution in [3.63, 3.8) is 0 Å². The molecule has 0 N–H and O–H groups in total. The van der Waals surface area contributed by atoms with Crippen LogP contribution in [-0.2, 0) is 4.79 Å². The molecule has 2 aliphatic heterocycles. The Balaban J connectivity index is 2.00. The summed E-state index contributed by atoms with van der Waals surface area (Å²) in [4.78, 5) is 24.7. The van der Waals surface area contributed by atoms with Gasteiger partial charge in [-0.3, -0.25) is 14.5 Å². The van der Waals surface area contributed by atoms with Gasteiger partial charge in [-0.15, -0.1) is 0 Å². The van der Waals surface area contributed by atoms with Crippen LogP contribution in [0.3, 0.4) is 0 Å². The van der Waals surface area contributed by atoms with E-state index >= 15 is 0 Å². The zero-order valence-corrected chi connectivity index (χ0v) is 12.2. The van der Waals surface area contributed by atoms with Gasteiger partial charge in [0.05, 0.1) is 4.91 Å². The van der Waals surface area contributed by atoms with E-state index in [0.717, 1.165) is 26.7 Å². The first-order chi connectivity index (χ1) is 9.06. The molecule has 2 heterocycles. The summed E-state index contributed by atoms with van der Waals surface area (Å²) in [7, 11) is 1.47. The van der Waals surface area contributed by atoms with E-state index in [-0.39, 0.29) is 17.9 Å². The lowest BCUT2D eigenvalue weighted by atomic mass is 10.2. The van der Waals surface area contributed by atoms with Crippen molar-refractivity contribution in [2.75, 3.05) is 13.8 Å². The third kappa shape index (κ3) is 2.12. The number of carbonyl (C=O) groups is 2. The molecule has 98 valence electrons. The van der Waals surface area contributed by atoms with Crippen molar-refractivity contribution < 1.29 is 19.1 Å². The van der Waals surface area contributed by atoms with Crippen LogP contribution in [0.5, 0.6) is 11.5 Å². The first-order valence-corrected chi connectivity index (χ1v) is 6.98. The van der Waals surface area contributed by atoms with Crippen molar-refractivity contribution in [1.29, 1.82) is 0 Å². The Kier molecular flexibility index (Phi) is 3.02. The summed E-state index contributed by atoms with van der Waals surface area (Å²) in [5.41, 5.74) is 0.767. The van der Waals surface area contributed by atoms with E-state index in [1.54, 1.807) is 18.2 Å². The van der Waals surface area contributed by atoms with Gasteiger partial charge in [0.25, 0.3) is 11.1 Å². The van der Waals surface area contributed by atoms with Gasteiger partial charge in [0.15, 0.2) is 11.5 Å². The second-order valence-electron chi connectivity index (χ2n) is 3.97. The Morgan fingerprint density at radius 1 is 1.32 bits per heavy atom. The summed E-state index contributed by atoms with van der Waals surface area (Å²) in [5, 5.41) is -0.270. The fourth-order valence-corrected chi connectivity index (χ4v) is 2.99. The number of fused-ring (bicyclic) bond motifs is 1. The van der Waals surface area contributed by atoms with Gasteiger partial charge in [0, 0.05) is 11.5 Å². The fraction of sp³-hybridized carbons (Fsp3) is 0.167. The first-order valence-electron chi connectivity index (χ1n) is 5.37. The summed E-state index contributed by atoms with van der Waals surface area (Å²) < 4.78 is 11.3. The number of ether oxygens (including phenoxy) is 2. The molecule has 1 fully saturated rings. The molecule has 0 aromatic heterocycles. The molecule has 2 aliphatic rings. The molecule has 5 nitrogen and oxygen atoms in total. The summed E-state index contributed by atoms with van der Waals surface area (Å²) >= 11 is 4.33. The maximum atomic E-state index is 11.8. The highest BCUT2D eigenvalue weighted by atomic mass is 79.9. The highest BCUT2D eigenvalue weighted by molar-refractivity contribution is 9.10. The minimum Gasteiger partial charge on any atom is -0.454 e. The second kappa shape index (κ2) is 4.57. The van der Waals surface area contributed by atoms with Crippen LogP contribution in [0.25, 0.3) is 6.08 Å². The Labute approximate surface area is 121 Å². The van der Waals surface area contributed by atoms with Crippen LogP contribution >= 0.6 is 27.7 Å². The standard InChI is InChI=1S/C12H8BrNO4S/c1-14-11(15)10(19-12(14)16)3-6-2-8-9(4-7(6)13)18-5-17-8/h2-4H,5H2,1H3/b10-3+. The zero-order valence-electron chi connectivity index (χ0n) is 9.81. The van der Waals surface area contributed by atoms with Gasteiger partial charge in [0.1, 0.15) is 0 Å². The van der Waals surface area contributed by atoms with Crippen LogP contribution < -0.4 is 9.47 Å². The fourth-order valence-electron chi connectivity index (χ4n) is 1.73. The Morgan fingerprint density at radius 2 is 2.00 bits per heavy atom. The minimum absolute atomic E-state index is 0.191. The maximum Gasteiger partial charge on any atom is 0.293 e. The minimum atomic E-state index is -0.292. The van der Waals surface area contributed by atoms with Gasteiger partial charge in [0.2, 0.25) is 6.79 Å². The predicted octanol–water partition coefficient (Wildman–Crippen LogP) is 2.84. The number of imide groups is 1. The summed E-state index contributed by atoms with van der Waals surface area (Å²) in [5.74, 6) is 0.998. The van der Waals surface area contributed by atoms with Gasteiger partial charge >= 0.3 is 0 Å². The lowest BCUT2D eigenvalue weighted by molar-refractivity contribution is -0.121. The number of benzene rings is 1. The second-order valence-corrected chi connectivity index (χ2v) is 5.82. The molecule has 0 radical (unpaired) electrons. The zero-order chi connectivity index (χ0) is 13.6. The number of thioether (sulfide) groups is 1. The monoisotopic (exact) mass is 341 g/mol. The SMILES string of the molecule is CN1C(=O)S/C(=C/c2cc3c(cc2Br)OCO3)C1=O. The van der Waals surface area contributed by atoms with Crippen molar-refractivity contribution in [3.05, 3.63) is 27.1 Å². The van der Waals surface area contributed by atoms with Crippen molar-refractivity contribution in [3.8, 4) is 11.5 Å². The molecule has 19 heavy (non-hydrogen) atoms. The average Bonchev–Trinajstić information content (AvgIpc) is 2.91. The molecule has 0 spiro atoms. The van der Waals surface area contributed by atoms with Crippen LogP contribution in [0.1, 0.15) is 5.56 Å². The number of likely N-dealkylation sites (N-methyl/N-ethyl adjacent to an activating group) is 1. The molecule has 2 amide bonds. The number of nitrogens with zero attached hydrogens (tertiary/aromatic N) is 1. The van der Waals surface area contributed by atoms with E-state index in [1.807, 2.05) is 0 Å². The molecule has 3 rings (SSSR count). The number of amides is 2. The molecular formula is C12H8BrNO4S. The molecule has 0 aliphatic carbocycles. The van der Waals surface area contributed by atoms with Gasteiger partial charge in [-0.05, 0) is 35.5 Å². The van der Waals surface area contributed by atoms with E-state index < -0.39 is 0 Å². The average molecular weight is 342 g/mol. The summed E-state index contributed by atoms with van der Waals surface area (Å²) in [6.45, 7) is 0.191. The lowest BCUT2D eigenvalue weighted by Gasteiger charge is -2.03. The summed E-state index contributed by atoms with van der Waals surface area (Å²) in [6, 6.07) is 3.56. The van der Waals surface area contributed by atoms with E-state index in [0.29, 0.717) is 16.4 Å². The van der Waals surface area contributed by atoms with Crippen LogP contribution in [0, 0.1) is 0 Å². The van der Waals surface area contributed by atoms with Crippen LogP contribution in [0.2, 0.25) is 0 Å². The lowest BCUT2D eigenvalue weighted by Crippen LogP contribution is -2.22. The quantitative estimate of drug-likeness (QED) is 0.735. The van der Waals surface area contributed by atoms with E-state index in [2.05, 4.69) is 15.9 Å². The van der Waals surface area contributed by atoms with Crippen LogP contribution in [0.15, 0.2) is 21.5 Å². The van der Waals surface area contributed by atoms with Crippen molar-refractivity contribution >= 4 is 44.9 Å². The number of hydrogen-bond acceptors (Lipinski definition) is 5. The van der Waals surface area contributed by atoms with E-state index in [4.69, 9.17) is 9.47 Å². The van der Waals surface area contributed by atoms with Crippen molar-refractivity contribution in [2.24, 2.45) is 0 Å². The van der Waals surface area contributed by atoms with Gasteiger partial charge in [-0.1, -0.05) is 15.9 Å². The molecule has 1 aromatic rings. The number of hydrogen-bond donors (Lipinski definition) is 0. The van der Waals surface area contributed by atoms with Gasteiger partial charge in [-0.25, -0.2) is 0 Å². The van der Waals surface area contributed by atoms with Crippen molar-refractivity contribution in [2.45, 2.75) is 0 Å². The van der Waals surface area contributed by atoms with E-state index in [1.165, 1.54) is 7.05 Å². The molecule has 1 aromatic carbocycles. The molecule has 0 unspecified atom stereocenters. The highest BCUT2D eigenvalue weighted by Gasteiger charge is 2.32. The van der Waals surface area contributed by atoms with Gasteiger partial charge in [-0.2, -0.15) is 0 Å². The Hall–Kier alpha value is -1.47. The van der Waals surface area contributed by atoms with E-state index in [9.17, 15) is 9.59 Å². The Bertz CT molecular complexity index is 628. The molecule has 7 heteroatoms. The number of halogens is 1. The molecular weight excluding hydrogens is 334 g/mol. The van der Waals surface area contributed by atoms with Gasteiger partial charge < -0.3 is 9.47 Å². The number of rotatable bonds is 1. The maximum absolute atomic E-state index is 11.8. The predicted molar refractivity (Wildman–Crippen MR) is 74.0 cm³/mol. The Morgan fingerprint density at radius 3 is 2.63 bits per heavy atom. The van der Waals surface area contributed by atoms with Crippen LogP contribution in [-0.4, -0.2) is 29.9 Å². The van der Waals surface area contributed by atoms with Crippen LogP contribution in [0.4, 0.5) is 4.79 Å². The highest BCUT2D eigenvalue weighted by Crippen LogP contribution is 2.39. The topological polar surface area (TPSA) is 55.8 Å². The molecule has 0 atom stereocenters. The smallest absolute Gasteiger partial charge is 0.293 e.